The molecule has 130 valence electrons. The summed E-state index contributed by atoms with van der Waals surface area (Å²) in [7, 11) is 0. The topological polar surface area (TPSA) is 88.2 Å². The Morgan fingerprint density at radius 1 is 1.30 bits per heavy atom. The first kappa shape index (κ1) is 17.9. The molecule has 0 saturated heterocycles. The number of rotatable bonds is 8. The van der Waals surface area contributed by atoms with Crippen LogP contribution in [0.15, 0.2) is 4.42 Å². The largest absolute Gasteiger partial charge is 0.425 e. The molecule has 0 aromatic carbocycles. The van der Waals surface area contributed by atoms with Crippen molar-refractivity contribution in [3.05, 3.63) is 11.8 Å². The minimum atomic E-state index is -0.00156. The molecule has 1 amide bonds. The SMILES string of the molecule is CC(C)c1nnc(CCC(=O)NC(CCO)C2CCCCC2)o1. The minimum Gasteiger partial charge on any atom is -0.425 e. The number of hydrogen-bond donors (Lipinski definition) is 2. The number of hydrogen-bond acceptors (Lipinski definition) is 5. The number of carbonyl (C=O) groups excluding carboxylic acids is 1. The average molecular weight is 323 g/mol. The Labute approximate surface area is 138 Å². The number of aromatic nitrogens is 2. The molecule has 1 unspecified atom stereocenters. The van der Waals surface area contributed by atoms with E-state index in [2.05, 4.69) is 15.5 Å². The highest BCUT2D eigenvalue weighted by atomic mass is 16.4. The summed E-state index contributed by atoms with van der Waals surface area (Å²) in [6.07, 6.45) is 7.46. The molecule has 23 heavy (non-hydrogen) atoms. The molecule has 1 heterocycles. The third kappa shape index (κ3) is 5.61. The standard InChI is InChI=1S/C17H29N3O3/c1-12(2)17-20-19-16(23-17)9-8-15(22)18-14(10-11-21)13-6-4-3-5-7-13/h12-14,21H,3-11H2,1-2H3,(H,18,22). The summed E-state index contributed by atoms with van der Waals surface area (Å²) in [5.41, 5.74) is 0. The van der Waals surface area contributed by atoms with Gasteiger partial charge in [-0.2, -0.15) is 0 Å². The fourth-order valence-corrected chi connectivity index (χ4v) is 3.20. The molecule has 2 rings (SSSR count). The first-order chi connectivity index (χ1) is 11.1. The van der Waals surface area contributed by atoms with E-state index in [1.807, 2.05) is 13.8 Å². The van der Waals surface area contributed by atoms with Gasteiger partial charge in [-0.25, -0.2) is 0 Å². The predicted molar refractivity (Wildman–Crippen MR) is 86.9 cm³/mol. The van der Waals surface area contributed by atoms with E-state index in [0.717, 1.165) is 12.8 Å². The van der Waals surface area contributed by atoms with Crippen molar-refractivity contribution in [3.63, 3.8) is 0 Å². The summed E-state index contributed by atoms with van der Waals surface area (Å²) >= 11 is 0. The second-order valence-corrected chi connectivity index (χ2v) is 6.77. The maximum absolute atomic E-state index is 12.2. The lowest BCUT2D eigenvalue weighted by atomic mass is 9.82. The zero-order valence-electron chi connectivity index (χ0n) is 14.3. The van der Waals surface area contributed by atoms with E-state index in [1.165, 1.54) is 19.3 Å². The van der Waals surface area contributed by atoms with Gasteiger partial charge in [-0.05, 0) is 25.2 Å². The number of aliphatic hydroxyl groups is 1. The Hall–Kier alpha value is -1.43. The van der Waals surface area contributed by atoms with Gasteiger partial charge in [0.2, 0.25) is 17.7 Å². The fourth-order valence-electron chi connectivity index (χ4n) is 3.20. The lowest BCUT2D eigenvalue weighted by Gasteiger charge is -2.30. The van der Waals surface area contributed by atoms with Crippen molar-refractivity contribution < 1.29 is 14.3 Å². The Morgan fingerprint density at radius 2 is 2.04 bits per heavy atom. The van der Waals surface area contributed by atoms with Crippen molar-refractivity contribution in [2.45, 2.75) is 77.2 Å². The zero-order chi connectivity index (χ0) is 16.7. The van der Waals surface area contributed by atoms with E-state index < -0.39 is 0 Å². The molecule has 1 aromatic heterocycles. The number of carbonyl (C=O) groups is 1. The predicted octanol–water partition coefficient (Wildman–Crippen LogP) is 2.57. The highest BCUT2D eigenvalue weighted by Crippen LogP contribution is 2.27. The highest BCUT2D eigenvalue weighted by molar-refractivity contribution is 5.76. The van der Waals surface area contributed by atoms with Gasteiger partial charge in [0.05, 0.1) is 0 Å². The van der Waals surface area contributed by atoms with Crippen molar-refractivity contribution in [2.75, 3.05) is 6.61 Å². The van der Waals surface area contributed by atoms with E-state index >= 15 is 0 Å². The molecule has 0 bridgehead atoms. The number of nitrogens with zero attached hydrogens (tertiary/aromatic N) is 2. The van der Waals surface area contributed by atoms with Crippen molar-refractivity contribution in [1.82, 2.24) is 15.5 Å². The van der Waals surface area contributed by atoms with Crippen molar-refractivity contribution in [1.29, 1.82) is 0 Å². The zero-order valence-corrected chi connectivity index (χ0v) is 14.3. The van der Waals surface area contributed by atoms with E-state index in [4.69, 9.17) is 4.42 Å². The lowest BCUT2D eigenvalue weighted by Crippen LogP contribution is -2.41. The van der Waals surface area contributed by atoms with Crippen LogP contribution in [0.2, 0.25) is 0 Å². The highest BCUT2D eigenvalue weighted by Gasteiger charge is 2.24. The van der Waals surface area contributed by atoms with E-state index in [9.17, 15) is 9.90 Å². The van der Waals surface area contributed by atoms with Gasteiger partial charge < -0.3 is 14.8 Å². The van der Waals surface area contributed by atoms with Gasteiger partial charge in [-0.15, -0.1) is 10.2 Å². The van der Waals surface area contributed by atoms with Crippen molar-refractivity contribution >= 4 is 5.91 Å². The molecule has 1 saturated carbocycles. The molecule has 6 heteroatoms. The van der Waals surface area contributed by atoms with Crippen LogP contribution >= 0.6 is 0 Å². The van der Waals surface area contributed by atoms with Gasteiger partial charge in [0.15, 0.2) is 0 Å². The Kier molecular flexibility index (Phi) is 7.02. The molecule has 1 aromatic rings. The van der Waals surface area contributed by atoms with Gasteiger partial charge in [-0.3, -0.25) is 4.79 Å². The summed E-state index contributed by atoms with van der Waals surface area (Å²) < 4.78 is 5.52. The van der Waals surface area contributed by atoms with Crippen molar-refractivity contribution in [2.24, 2.45) is 5.92 Å². The maximum atomic E-state index is 12.2. The van der Waals surface area contributed by atoms with Crippen LogP contribution in [0.4, 0.5) is 0 Å². The quantitative estimate of drug-likeness (QED) is 0.767. The second-order valence-electron chi connectivity index (χ2n) is 6.77. The Balaban J connectivity index is 1.80. The normalized spacial score (nSPS) is 17.4. The molecule has 1 aliphatic carbocycles. The number of amides is 1. The molecule has 2 N–H and O–H groups in total. The molecule has 0 spiro atoms. The summed E-state index contributed by atoms with van der Waals surface area (Å²) in [4.78, 5) is 12.2. The lowest BCUT2D eigenvalue weighted by molar-refractivity contribution is -0.122. The van der Waals surface area contributed by atoms with Crippen LogP contribution in [0, 0.1) is 5.92 Å². The first-order valence-electron chi connectivity index (χ1n) is 8.82. The third-order valence-corrected chi connectivity index (χ3v) is 4.55. The average Bonchev–Trinajstić information content (AvgIpc) is 3.03. The molecule has 1 aliphatic rings. The summed E-state index contributed by atoms with van der Waals surface area (Å²) in [6.45, 7) is 4.10. The van der Waals surface area contributed by atoms with Crippen LogP contribution in [0.3, 0.4) is 0 Å². The smallest absolute Gasteiger partial charge is 0.220 e. The molecule has 6 nitrogen and oxygen atoms in total. The van der Waals surface area contributed by atoms with Gasteiger partial charge in [0.25, 0.3) is 0 Å². The van der Waals surface area contributed by atoms with E-state index in [0.29, 0.717) is 37.0 Å². The number of aryl methyl sites for hydroxylation is 1. The van der Waals surface area contributed by atoms with E-state index in [-0.39, 0.29) is 24.5 Å². The number of aliphatic hydroxyl groups excluding tert-OH is 1. The van der Waals surface area contributed by atoms with Crippen molar-refractivity contribution in [3.8, 4) is 0 Å². The minimum absolute atomic E-state index is 0.00156. The molecular weight excluding hydrogens is 294 g/mol. The van der Waals surface area contributed by atoms with Gasteiger partial charge in [0, 0.05) is 31.4 Å². The third-order valence-electron chi connectivity index (χ3n) is 4.55. The monoisotopic (exact) mass is 323 g/mol. The molecule has 0 aliphatic heterocycles. The summed E-state index contributed by atoms with van der Waals surface area (Å²) in [5, 5.41) is 20.3. The summed E-state index contributed by atoms with van der Waals surface area (Å²) in [5.74, 6) is 1.82. The van der Waals surface area contributed by atoms with E-state index in [1.54, 1.807) is 0 Å². The molecular formula is C17H29N3O3. The number of nitrogens with one attached hydrogen (secondary N) is 1. The van der Waals surface area contributed by atoms with Gasteiger partial charge in [0.1, 0.15) is 0 Å². The van der Waals surface area contributed by atoms with Crippen LogP contribution < -0.4 is 5.32 Å². The molecule has 1 fully saturated rings. The van der Waals surface area contributed by atoms with Crippen LogP contribution in [-0.2, 0) is 11.2 Å². The van der Waals surface area contributed by atoms with Crippen LogP contribution in [0.5, 0.6) is 0 Å². The molecule has 0 radical (unpaired) electrons. The van der Waals surface area contributed by atoms with Crippen LogP contribution in [0.1, 0.15) is 76.5 Å². The Morgan fingerprint density at radius 3 is 2.65 bits per heavy atom. The second kappa shape index (κ2) is 9.01. The van der Waals surface area contributed by atoms with Gasteiger partial charge >= 0.3 is 0 Å². The van der Waals surface area contributed by atoms with Crippen LogP contribution in [-0.4, -0.2) is 33.9 Å². The first-order valence-corrected chi connectivity index (χ1v) is 8.82. The van der Waals surface area contributed by atoms with Gasteiger partial charge in [-0.1, -0.05) is 33.1 Å². The fraction of sp³-hybridized carbons (Fsp3) is 0.824. The summed E-state index contributed by atoms with van der Waals surface area (Å²) in [6, 6.07) is 0.0849. The Bertz CT molecular complexity index is 481. The van der Waals surface area contributed by atoms with Crippen LogP contribution in [0.25, 0.3) is 0 Å². The molecule has 1 atom stereocenters. The maximum Gasteiger partial charge on any atom is 0.220 e.